The normalized spacial score (nSPS) is 18.3. The zero-order valence-corrected chi connectivity index (χ0v) is 13.5. The summed E-state index contributed by atoms with van der Waals surface area (Å²) in [5.41, 5.74) is 0. The molecule has 0 spiro atoms. The van der Waals surface area contributed by atoms with Crippen molar-refractivity contribution < 1.29 is 4.39 Å². The second-order valence-electron chi connectivity index (χ2n) is 6.08. The number of hydrogen-bond donors (Lipinski definition) is 0. The van der Waals surface area contributed by atoms with Gasteiger partial charge in [-0.2, -0.15) is 4.98 Å². The number of rotatable bonds is 3. The number of hydrogen-bond acceptors (Lipinski definition) is 7. The topological polar surface area (TPSA) is 61.3 Å². The largest absolute Gasteiger partial charge is 0.353 e. The van der Waals surface area contributed by atoms with E-state index in [1.807, 2.05) is 17.2 Å². The van der Waals surface area contributed by atoms with Crippen LogP contribution in [-0.4, -0.2) is 59.2 Å². The first-order valence-corrected chi connectivity index (χ1v) is 8.35. The highest BCUT2D eigenvalue weighted by molar-refractivity contribution is 5.47. The molecule has 0 radical (unpaired) electrons. The molecule has 0 amide bonds. The van der Waals surface area contributed by atoms with Crippen molar-refractivity contribution in [2.45, 2.75) is 12.8 Å². The van der Waals surface area contributed by atoms with Crippen molar-refractivity contribution in [3.8, 4) is 0 Å². The number of halogens is 1. The molecule has 2 aliphatic rings. The van der Waals surface area contributed by atoms with Gasteiger partial charge >= 0.3 is 0 Å². The van der Waals surface area contributed by atoms with Gasteiger partial charge in [0.15, 0.2) is 11.6 Å². The lowest BCUT2D eigenvalue weighted by atomic mass is 10.3. The first-order valence-electron chi connectivity index (χ1n) is 8.35. The van der Waals surface area contributed by atoms with Gasteiger partial charge in [0.05, 0.1) is 6.20 Å². The predicted octanol–water partition coefficient (Wildman–Crippen LogP) is 1.33. The highest BCUT2D eigenvalue weighted by Crippen LogP contribution is 2.22. The van der Waals surface area contributed by atoms with Gasteiger partial charge < -0.3 is 14.7 Å². The molecule has 0 aromatic carbocycles. The van der Waals surface area contributed by atoms with E-state index in [0.717, 1.165) is 37.9 Å². The maximum atomic E-state index is 13.8. The van der Waals surface area contributed by atoms with Crippen molar-refractivity contribution >= 4 is 17.6 Å². The molecule has 0 atom stereocenters. The second-order valence-corrected chi connectivity index (χ2v) is 6.08. The maximum absolute atomic E-state index is 13.8. The molecule has 4 rings (SSSR count). The Bertz CT molecular complexity index is 696. The predicted molar refractivity (Wildman–Crippen MR) is 89.9 cm³/mol. The molecule has 4 heterocycles. The first-order chi connectivity index (χ1) is 11.8. The molecule has 24 heavy (non-hydrogen) atoms. The molecule has 2 saturated heterocycles. The number of anilines is 3. The fourth-order valence-corrected chi connectivity index (χ4v) is 3.27. The van der Waals surface area contributed by atoms with Gasteiger partial charge in [0.2, 0.25) is 5.95 Å². The van der Waals surface area contributed by atoms with Gasteiger partial charge in [-0.05, 0) is 18.9 Å². The highest BCUT2D eigenvalue weighted by Gasteiger charge is 2.22. The molecule has 2 fully saturated rings. The van der Waals surface area contributed by atoms with Crippen molar-refractivity contribution in [3.63, 3.8) is 0 Å². The SMILES string of the molecule is Fc1cncnc1N1CCN(c2ccnc(N3CCCC3)n2)CC1. The van der Waals surface area contributed by atoms with Crippen molar-refractivity contribution in [1.82, 2.24) is 19.9 Å². The van der Waals surface area contributed by atoms with Gasteiger partial charge in [0.25, 0.3) is 0 Å². The smallest absolute Gasteiger partial charge is 0.227 e. The zero-order valence-electron chi connectivity index (χ0n) is 13.5. The van der Waals surface area contributed by atoms with E-state index >= 15 is 0 Å². The van der Waals surface area contributed by atoms with Crippen molar-refractivity contribution in [2.24, 2.45) is 0 Å². The molecule has 0 aliphatic carbocycles. The Morgan fingerprint density at radius 1 is 0.875 bits per heavy atom. The third-order valence-electron chi connectivity index (χ3n) is 4.57. The molecule has 0 unspecified atom stereocenters. The van der Waals surface area contributed by atoms with Gasteiger partial charge in [0.1, 0.15) is 12.1 Å². The molecule has 126 valence electrons. The number of aromatic nitrogens is 4. The minimum Gasteiger partial charge on any atom is -0.353 e. The average molecular weight is 329 g/mol. The summed E-state index contributed by atoms with van der Waals surface area (Å²) < 4.78 is 13.8. The lowest BCUT2D eigenvalue weighted by molar-refractivity contribution is 0.581. The Balaban J connectivity index is 1.44. The van der Waals surface area contributed by atoms with Crippen LogP contribution in [0.2, 0.25) is 0 Å². The molecule has 2 aromatic rings. The highest BCUT2D eigenvalue weighted by atomic mass is 19.1. The second kappa shape index (κ2) is 6.54. The Labute approximate surface area is 140 Å². The van der Waals surface area contributed by atoms with E-state index < -0.39 is 0 Å². The summed E-state index contributed by atoms with van der Waals surface area (Å²) >= 11 is 0. The van der Waals surface area contributed by atoms with E-state index in [1.54, 1.807) is 0 Å². The third-order valence-corrected chi connectivity index (χ3v) is 4.57. The Morgan fingerprint density at radius 2 is 1.62 bits per heavy atom. The van der Waals surface area contributed by atoms with Gasteiger partial charge in [-0.3, -0.25) is 0 Å². The van der Waals surface area contributed by atoms with E-state index in [0.29, 0.717) is 18.9 Å². The molecule has 2 aliphatic heterocycles. The molecule has 0 bridgehead atoms. The number of piperazine rings is 1. The minimum atomic E-state index is -0.371. The minimum absolute atomic E-state index is 0.371. The average Bonchev–Trinajstić information content (AvgIpc) is 3.17. The fraction of sp³-hybridized carbons (Fsp3) is 0.500. The van der Waals surface area contributed by atoms with Crippen LogP contribution in [0.1, 0.15) is 12.8 Å². The first kappa shape index (κ1) is 15.0. The molecular weight excluding hydrogens is 309 g/mol. The molecule has 0 saturated carbocycles. The summed E-state index contributed by atoms with van der Waals surface area (Å²) in [7, 11) is 0. The van der Waals surface area contributed by atoms with Gasteiger partial charge in [-0.15, -0.1) is 0 Å². The van der Waals surface area contributed by atoms with Crippen LogP contribution in [0.25, 0.3) is 0 Å². The van der Waals surface area contributed by atoms with Crippen LogP contribution in [0.4, 0.5) is 22.0 Å². The summed E-state index contributed by atoms with van der Waals surface area (Å²) in [4.78, 5) is 23.3. The Hall–Kier alpha value is -2.51. The van der Waals surface area contributed by atoms with Crippen LogP contribution >= 0.6 is 0 Å². The Kier molecular flexibility index (Phi) is 4.10. The molecule has 7 nitrogen and oxygen atoms in total. The van der Waals surface area contributed by atoms with E-state index in [2.05, 4.69) is 24.8 Å². The van der Waals surface area contributed by atoms with Crippen LogP contribution in [0.15, 0.2) is 24.8 Å². The van der Waals surface area contributed by atoms with Crippen LogP contribution in [0.3, 0.4) is 0 Å². The summed E-state index contributed by atoms with van der Waals surface area (Å²) in [5, 5.41) is 0. The molecular formula is C16H20FN7. The van der Waals surface area contributed by atoms with Crippen LogP contribution < -0.4 is 14.7 Å². The monoisotopic (exact) mass is 329 g/mol. The van der Waals surface area contributed by atoms with E-state index in [-0.39, 0.29) is 5.82 Å². The summed E-state index contributed by atoms with van der Waals surface area (Å²) in [6, 6.07) is 1.94. The van der Waals surface area contributed by atoms with Crippen molar-refractivity contribution in [3.05, 3.63) is 30.6 Å². The zero-order chi connectivity index (χ0) is 16.4. The Morgan fingerprint density at radius 3 is 2.38 bits per heavy atom. The third kappa shape index (κ3) is 2.95. The quantitative estimate of drug-likeness (QED) is 0.842. The van der Waals surface area contributed by atoms with Gasteiger partial charge in [-0.1, -0.05) is 0 Å². The van der Waals surface area contributed by atoms with Crippen LogP contribution in [0, 0.1) is 5.82 Å². The summed E-state index contributed by atoms with van der Waals surface area (Å²) in [6.07, 6.45) is 6.83. The standard InChI is InChI=1S/C16H20FN7/c17-13-11-18-12-20-15(13)23-9-7-22(8-10-23)14-3-4-19-16(21-14)24-5-1-2-6-24/h3-4,11-12H,1-2,5-10H2. The van der Waals surface area contributed by atoms with Crippen molar-refractivity contribution in [1.29, 1.82) is 0 Å². The molecule has 0 N–H and O–H groups in total. The lowest BCUT2D eigenvalue weighted by Crippen LogP contribution is -2.47. The summed E-state index contributed by atoms with van der Waals surface area (Å²) in [6.45, 7) is 5.03. The molecule has 2 aromatic heterocycles. The summed E-state index contributed by atoms with van der Waals surface area (Å²) in [5.74, 6) is 1.76. The van der Waals surface area contributed by atoms with E-state index in [9.17, 15) is 4.39 Å². The van der Waals surface area contributed by atoms with Gasteiger partial charge in [-0.25, -0.2) is 19.3 Å². The lowest BCUT2D eigenvalue weighted by Gasteiger charge is -2.36. The fourth-order valence-electron chi connectivity index (χ4n) is 3.27. The molecule has 8 heteroatoms. The van der Waals surface area contributed by atoms with Crippen LogP contribution in [0.5, 0.6) is 0 Å². The number of nitrogens with zero attached hydrogens (tertiary/aromatic N) is 7. The van der Waals surface area contributed by atoms with E-state index in [1.165, 1.54) is 25.4 Å². The van der Waals surface area contributed by atoms with Gasteiger partial charge in [0, 0.05) is 45.5 Å². The maximum Gasteiger partial charge on any atom is 0.227 e. The van der Waals surface area contributed by atoms with Crippen LogP contribution in [-0.2, 0) is 0 Å². The van der Waals surface area contributed by atoms with Crippen molar-refractivity contribution in [2.75, 3.05) is 54.0 Å². The van der Waals surface area contributed by atoms with E-state index in [4.69, 9.17) is 4.98 Å².